The van der Waals surface area contributed by atoms with Crippen LogP contribution in [0.5, 0.6) is 5.75 Å². The van der Waals surface area contributed by atoms with Gasteiger partial charge in [0.05, 0.1) is 13.4 Å². The molecule has 0 atom stereocenters. The fourth-order valence-corrected chi connectivity index (χ4v) is 2.87. The zero-order chi connectivity index (χ0) is 14.9. The Morgan fingerprint density at radius 3 is 3.00 bits per heavy atom. The molecule has 5 nitrogen and oxygen atoms in total. The first kappa shape index (κ1) is 15.6. The van der Waals surface area contributed by atoms with Crippen molar-refractivity contribution in [1.82, 2.24) is 14.9 Å². The molecule has 0 saturated carbocycles. The number of rotatable bonds is 9. The minimum Gasteiger partial charge on any atom is -0.495 e. The van der Waals surface area contributed by atoms with Crippen molar-refractivity contribution in [3.8, 4) is 5.75 Å². The maximum absolute atomic E-state index is 11.9. The Morgan fingerprint density at radius 2 is 2.24 bits per heavy atom. The van der Waals surface area contributed by atoms with Gasteiger partial charge in [0.15, 0.2) is 0 Å². The molecule has 1 N–H and O–H groups in total. The molecule has 0 aliphatic carbocycles. The molecule has 0 aliphatic rings. The van der Waals surface area contributed by atoms with E-state index < -0.39 is 0 Å². The second-order valence-electron chi connectivity index (χ2n) is 4.79. The van der Waals surface area contributed by atoms with Crippen molar-refractivity contribution in [3.63, 3.8) is 0 Å². The van der Waals surface area contributed by atoms with E-state index in [-0.39, 0.29) is 5.91 Å². The molecular formula is C15H21N3O2S. The summed E-state index contributed by atoms with van der Waals surface area (Å²) >= 11 is 1.41. The number of unbranched alkanes of at least 4 members (excludes halogenated alkanes) is 3. The lowest BCUT2D eigenvalue weighted by Crippen LogP contribution is -2.23. The molecular weight excluding hydrogens is 286 g/mol. The van der Waals surface area contributed by atoms with Crippen molar-refractivity contribution < 1.29 is 9.53 Å². The number of methoxy groups -OCH3 is 1. The first-order valence-corrected chi connectivity index (χ1v) is 8.04. The molecule has 0 unspecified atom stereocenters. The zero-order valence-corrected chi connectivity index (χ0v) is 13.1. The van der Waals surface area contributed by atoms with Crippen LogP contribution in [-0.4, -0.2) is 29.1 Å². The zero-order valence-electron chi connectivity index (χ0n) is 12.2. The number of imidazole rings is 1. The van der Waals surface area contributed by atoms with Gasteiger partial charge in [-0.25, -0.2) is 4.98 Å². The lowest BCUT2D eigenvalue weighted by Gasteiger charge is -2.06. The van der Waals surface area contributed by atoms with Crippen molar-refractivity contribution >= 4 is 17.2 Å². The van der Waals surface area contributed by atoms with Gasteiger partial charge in [0.2, 0.25) is 0 Å². The summed E-state index contributed by atoms with van der Waals surface area (Å²) in [5, 5.41) is 4.81. The normalized spacial score (nSPS) is 10.5. The molecule has 2 rings (SSSR count). The molecule has 0 aliphatic heterocycles. The van der Waals surface area contributed by atoms with E-state index in [1.165, 1.54) is 11.3 Å². The molecule has 0 bridgehead atoms. The van der Waals surface area contributed by atoms with Crippen molar-refractivity contribution in [2.45, 2.75) is 32.2 Å². The van der Waals surface area contributed by atoms with Crippen molar-refractivity contribution in [2.24, 2.45) is 0 Å². The minimum atomic E-state index is -0.0414. The van der Waals surface area contributed by atoms with Crippen LogP contribution in [0.4, 0.5) is 0 Å². The molecule has 21 heavy (non-hydrogen) atoms. The summed E-state index contributed by atoms with van der Waals surface area (Å²) in [4.78, 5) is 16.6. The number of nitrogens with zero attached hydrogens (tertiary/aromatic N) is 2. The highest BCUT2D eigenvalue weighted by Crippen LogP contribution is 2.23. The van der Waals surface area contributed by atoms with Gasteiger partial charge in [0.25, 0.3) is 5.91 Å². The predicted molar refractivity (Wildman–Crippen MR) is 83.9 cm³/mol. The Morgan fingerprint density at radius 1 is 1.38 bits per heavy atom. The number of aryl methyl sites for hydroxylation is 1. The quantitative estimate of drug-likeness (QED) is 0.725. The Balaban J connectivity index is 1.54. The Kier molecular flexibility index (Phi) is 6.27. The van der Waals surface area contributed by atoms with E-state index in [4.69, 9.17) is 4.74 Å². The number of amides is 1. The third kappa shape index (κ3) is 4.90. The van der Waals surface area contributed by atoms with Crippen LogP contribution < -0.4 is 10.1 Å². The maximum Gasteiger partial charge on any atom is 0.265 e. The van der Waals surface area contributed by atoms with E-state index in [1.54, 1.807) is 13.3 Å². The lowest BCUT2D eigenvalue weighted by molar-refractivity contribution is 0.0954. The fraction of sp³-hybridized carbons (Fsp3) is 0.467. The number of carbonyl (C=O) groups is 1. The standard InChI is InChI=1S/C15H21N3O2S/c1-20-13-6-11-21-14(13)15(19)17-7-4-2-3-5-9-18-10-8-16-12-18/h6,8,10-12H,2-5,7,9H2,1H3,(H,17,19). The Bertz CT molecular complexity index is 537. The van der Waals surface area contributed by atoms with Crippen molar-refractivity contribution in [3.05, 3.63) is 35.0 Å². The summed E-state index contributed by atoms with van der Waals surface area (Å²) < 4.78 is 7.23. The van der Waals surface area contributed by atoms with E-state index in [0.29, 0.717) is 17.2 Å². The van der Waals surface area contributed by atoms with E-state index in [1.807, 2.05) is 24.0 Å². The van der Waals surface area contributed by atoms with Crippen LogP contribution in [0.3, 0.4) is 0 Å². The summed E-state index contributed by atoms with van der Waals surface area (Å²) in [5.74, 6) is 0.609. The van der Waals surface area contributed by atoms with Gasteiger partial charge in [-0.1, -0.05) is 12.8 Å². The second kappa shape index (κ2) is 8.46. The number of carbonyl (C=O) groups excluding carboxylic acids is 1. The van der Waals surface area contributed by atoms with Gasteiger partial charge in [-0.05, 0) is 24.3 Å². The van der Waals surface area contributed by atoms with E-state index >= 15 is 0 Å². The summed E-state index contributed by atoms with van der Waals surface area (Å²) in [6.45, 7) is 1.73. The number of aromatic nitrogens is 2. The predicted octanol–water partition coefficient (Wildman–Crippen LogP) is 2.94. The van der Waals surface area contributed by atoms with Crippen molar-refractivity contribution in [1.29, 1.82) is 0 Å². The van der Waals surface area contributed by atoms with Gasteiger partial charge >= 0.3 is 0 Å². The first-order chi connectivity index (χ1) is 10.3. The molecule has 2 heterocycles. The molecule has 0 saturated heterocycles. The number of ether oxygens (including phenoxy) is 1. The second-order valence-corrected chi connectivity index (χ2v) is 5.70. The first-order valence-electron chi connectivity index (χ1n) is 7.16. The van der Waals surface area contributed by atoms with Gasteiger partial charge in [0.1, 0.15) is 10.6 Å². The van der Waals surface area contributed by atoms with Crippen molar-refractivity contribution in [2.75, 3.05) is 13.7 Å². The Labute approximate surface area is 129 Å². The molecule has 0 aromatic carbocycles. The van der Waals surface area contributed by atoms with Gasteiger partial charge in [-0.3, -0.25) is 4.79 Å². The summed E-state index contributed by atoms with van der Waals surface area (Å²) in [6, 6.07) is 1.82. The SMILES string of the molecule is COc1ccsc1C(=O)NCCCCCCn1ccnc1. The van der Waals surface area contributed by atoms with Crippen LogP contribution in [0.25, 0.3) is 0 Å². The largest absolute Gasteiger partial charge is 0.495 e. The molecule has 2 aromatic rings. The monoisotopic (exact) mass is 307 g/mol. The summed E-state index contributed by atoms with van der Waals surface area (Å²) in [7, 11) is 1.58. The smallest absolute Gasteiger partial charge is 0.265 e. The maximum atomic E-state index is 11.9. The average Bonchev–Trinajstić information content (AvgIpc) is 3.16. The van der Waals surface area contributed by atoms with Crippen LogP contribution in [0.15, 0.2) is 30.2 Å². The summed E-state index contributed by atoms with van der Waals surface area (Å²) in [6.07, 6.45) is 10.1. The number of nitrogens with one attached hydrogen (secondary N) is 1. The minimum absolute atomic E-state index is 0.0414. The topological polar surface area (TPSA) is 56.1 Å². The molecule has 0 spiro atoms. The van der Waals surface area contributed by atoms with Crippen LogP contribution in [0, 0.1) is 0 Å². The molecule has 0 fully saturated rings. The fourth-order valence-electron chi connectivity index (χ4n) is 2.10. The van der Waals surface area contributed by atoms with Crippen LogP contribution in [-0.2, 0) is 6.54 Å². The number of hydrogen-bond donors (Lipinski definition) is 1. The average molecular weight is 307 g/mol. The van der Waals surface area contributed by atoms with Crippen LogP contribution >= 0.6 is 11.3 Å². The highest BCUT2D eigenvalue weighted by molar-refractivity contribution is 7.12. The number of hydrogen-bond acceptors (Lipinski definition) is 4. The van der Waals surface area contributed by atoms with Gasteiger partial charge < -0.3 is 14.6 Å². The highest BCUT2D eigenvalue weighted by Gasteiger charge is 2.12. The van der Waals surface area contributed by atoms with E-state index in [9.17, 15) is 4.79 Å². The highest BCUT2D eigenvalue weighted by atomic mass is 32.1. The van der Waals surface area contributed by atoms with E-state index in [0.717, 1.165) is 32.2 Å². The summed E-state index contributed by atoms with van der Waals surface area (Å²) in [5.41, 5.74) is 0. The van der Waals surface area contributed by atoms with Crippen LogP contribution in [0.2, 0.25) is 0 Å². The van der Waals surface area contributed by atoms with Crippen LogP contribution in [0.1, 0.15) is 35.4 Å². The van der Waals surface area contributed by atoms with Gasteiger partial charge in [-0.2, -0.15) is 0 Å². The number of thiophene rings is 1. The third-order valence-electron chi connectivity index (χ3n) is 3.24. The van der Waals surface area contributed by atoms with Gasteiger partial charge in [-0.15, -0.1) is 11.3 Å². The molecule has 1 amide bonds. The third-order valence-corrected chi connectivity index (χ3v) is 4.14. The Hall–Kier alpha value is -1.82. The lowest BCUT2D eigenvalue weighted by atomic mass is 10.2. The molecule has 0 radical (unpaired) electrons. The van der Waals surface area contributed by atoms with Gasteiger partial charge in [0, 0.05) is 25.5 Å². The van der Waals surface area contributed by atoms with E-state index in [2.05, 4.69) is 14.9 Å². The molecule has 114 valence electrons. The molecule has 2 aromatic heterocycles. The molecule has 6 heteroatoms.